The maximum absolute atomic E-state index is 13.5. The van der Waals surface area contributed by atoms with Crippen LogP contribution >= 0.6 is 23.4 Å². The Bertz CT molecular complexity index is 410. The van der Waals surface area contributed by atoms with Crippen molar-refractivity contribution in [3.05, 3.63) is 34.6 Å². The van der Waals surface area contributed by atoms with E-state index in [-0.39, 0.29) is 18.0 Å². The summed E-state index contributed by atoms with van der Waals surface area (Å²) in [7, 11) is 0. The Hall–Kier alpha value is -0.540. The van der Waals surface area contributed by atoms with Crippen molar-refractivity contribution < 1.29 is 9.18 Å². The van der Waals surface area contributed by atoms with E-state index >= 15 is 0 Å². The summed E-state index contributed by atoms with van der Waals surface area (Å²) in [6.45, 7) is 0. The molecule has 1 aliphatic rings. The molecule has 0 bridgehead atoms. The van der Waals surface area contributed by atoms with Gasteiger partial charge in [0.2, 0.25) is 0 Å². The van der Waals surface area contributed by atoms with Crippen molar-refractivity contribution in [3.8, 4) is 0 Å². The third-order valence-electron chi connectivity index (χ3n) is 3.22. The highest BCUT2D eigenvalue weighted by molar-refractivity contribution is 8.00. The SMILES string of the molecule is O=C(CSC1CCCC1)Cc1c(F)cccc1Cl. The molecule has 1 aromatic carbocycles. The van der Waals surface area contributed by atoms with Gasteiger partial charge >= 0.3 is 0 Å². The summed E-state index contributed by atoms with van der Waals surface area (Å²) in [5.41, 5.74) is 0.330. The lowest BCUT2D eigenvalue weighted by atomic mass is 10.1. The van der Waals surface area contributed by atoms with E-state index in [2.05, 4.69) is 0 Å². The zero-order valence-electron chi connectivity index (χ0n) is 10.1. The van der Waals surface area contributed by atoms with Gasteiger partial charge in [-0.25, -0.2) is 4.39 Å². The first-order chi connectivity index (χ1) is 8.66. The van der Waals surface area contributed by atoms with E-state index in [1.165, 1.54) is 31.7 Å². The zero-order chi connectivity index (χ0) is 13.0. The lowest BCUT2D eigenvalue weighted by Gasteiger charge is -2.08. The predicted molar refractivity (Wildman–Crippen MR) is 74.8 cm³/mol. The fraction of sp³-hybridized carbons (Fsp3) is 0.500. The molecule has 1 aromatic rings. The molecule has 0 saturated heterocycles. The minimum Gasteiger partial charge on any atom is -0.298 e. The van der Waals surface area contributed by atoms with Crippen molar-refractivity contribution in [3.63, 3.8) is 0 Å². The zero-order valence-corrected chi connectivity index (χ0v) is 11.7. The quantitative estimate of drug-likeness (QED) is 0.804. The Morgan fingerprint density at radius 2 is 2.11 bits per heavy atom. The first-order valence-electron chi connectivity index (χ1n) is 6.23. The highest BCUT2D eigenvalue weighted by Crippen LogP contribution is 2.29. The van der Waals surface area contributed by atoms with Crippen molar-refractivity contribution in [2.75, 3.05) is 5.75 Å². The van der Waals surface area contributed by atoms with Crippen LogP contribution < -0.4 is 0 Å². The molecular weight excluding hydrogens is 271 g/mol. The van der Waals surface area contributed by atoms with E-state index in [0.717, 1.165) is 0 Å². The topological polar surface area (TPSA) is 17.1 Å². The van der Waals surface area contributed by atoms with Gasteiger partial charge in [-0.05, 0) is 25.0 Å². The summed E-state index contributed by atoms with van der Waals surface area (Å²) in [4.78, 5) is 11.8. The summed E-state index contributed by atoms with van der Waals surface area (Å²) in [6, 6.07) is 4.52. The molecule has 0 amide bonds. The summed E-state index contributed by atoms with van der Waals surface area (Å²) >= 11 is 7.61. The first kappa shape index (κ1) is 13.9. The molecule has 98 valence electrons. The third kappa shape index (κ3) is 3.72. The second-order valence-electron chi connectivity index (χ2n) is 4.63. The molecule has 0 N–H and O–H groups in total. The molecule has 4 heteroatoms. The molecule has 0 aromatic heterocycles. The van der Waals surface area contributed by atoms with E-state index < -0.39 is 0 Å². The molecule has 0 unspecified atom stereocenters. The van der Waals surface area contributed by atoms with Crippen LogP contribution in [0.25, 0.3) is 0 Å². The molecule has 0 spiro atoms. The van der Waals surface area contributed by atoms with E-state index in [1.54, 1.807) is 23.9 Å². The van der Waals surface area contributed by atoms with Gasteiger partial charge in [0.25, 0.3) is 0 Å². The van der Waals surface area contributed by atoms with Crippen LogP contribution in [0.2, 0.25) is 5.02 Å². The van der Waals surface area contributed by atoms with Gasteiger partial charge in [0, 0.05) is 22.3 Å². The maximum Gasteiger partial charge on any atom is 0.147 e. The van der Waals surface area contributed by atoms with Crippen molar-refractivity contribution in [2.45, 2.75) is 37.4 Å². The van der Waals surface area contributed by atoms with Gasteiger partial charge in [0.15, 0.2) is 0 Å². The van der Waals surface area contributed by atoms with E-state index in [4.69, 9.17) is 11.6 Å². The Balaban J connectivity index is 1.86. The van der Waals surface area contributed by atoms with Gasteiger partial charge < -0.3 is 0 Å². The average Bonchev–Trinajstić information content (AvgIpc) is 2.84. The summed E-state index contributed by atoms with van der Waals surface area (Å²) < 4.78 is 13.5. The van der Waals surface area contributed by atoms with Gasteiger partial charge in [-0.15, -0.1) is 0 Å². The van der Waals surface area contributed by atoms with E-state index in [1.807, 2.05) is 0 Å². The van der Waals surface area contributed by atoms with Gasteiger partial charge in [0.1, 0.15) is 11.6 Å². The Labute approximate surface area is 116 Å². The molecular formula is C14H16ClFOS. The first-order valence-corrected chi connectivity index (χ1v) is 7.65. The van der Waals surface area contributed by atoms with Crippen LogP contribution in [-0.2, 0) is 11.2 Å². The number of thioether (sulfide) groups is 1. The minimum atomic E-state index is -0.387. The van der Waals surface area contributed by atoms with Crippen LogP contribution in [0.5, 0.6) is 0 Å². The Morgan fingerprint density at radius 1 is 1.39 bits per heavy atom. The monoisotopic (exact) mass is 286 g/mol. The largest absolute Gasteiger partial charge is 0.298 e. The fourth-order valence-electron chi connectivity index (χ4n) is 2.22. The molecule has 1 nitrogen and oxygen atoms in total. The lowest BCUT2D eigenvalue weighted by molar-refractivity contribution is -0.116. The summed E-state index contributed by atoms with van der Waals surface area (Å²) in [5, 5.41) is 0.958. The van der Waals surface area contributed by atoms with E-state index in [9.17, 15) is 9.18 Å². The van der Waals surface area contributed by atoms with Crippen molar-refractivity contribution in [1.29, 1.82) is 0 Å². The van der Waals surface area contributed by atoms with E-state index in [0.29, 0.717) is 21.6 Å². The molecule has 2 rings (SSSR count). The van der Waals surface area contributed by atoms with Crippen molar-refractivity contribution in [1.82, 2.24) is 0 Å². The molecule has 0 radical (unpaired) electrons. The van der Waals surface area contributed by atoms with Crippen LogP contribution in [0.15, 0.2) is 18.2 Å². The normalized spacial score (nSPS) is 16.1. The number of carbonyl (C=O) groups is 1. The molecule has 18 heavy (non-hydrogen) atoms. The lowest BCUT2D eigenvalue weighted by Crippen LogP contribution is -2.10. The van der Waals surface area contributed by atoms with Crippen LogP contribution in [0.3, 0.4) is 0 Å². The van der Waals surface area contributed by atoms with Crippen molar-refractivity contribution in [2.24, 2.45) is 0 Å². The number of hydrogen-bond acceptors (Lipinski definition) is 2. The Kier molecular flexibility index (Phi) is 5.07. The number of hydrogen-bond donors (Lipinski definition) is 0. The second-order valence-corrected chi connectivity index (χ2v) is 6.33. The molecule has 1 saturated carbocycles. The fourth-order valence-corrected chi connectivity index (χ4v) is 3.64. The van der Waals surface area contributed by atoms with Crippen molar-refractivity contribution >= 4 is 29.1 Å². The number of rotatable bonds is 5. The second kappa shape index (κ2) is 6.58. The Morgan fingerprint density at radius 3 is 2.78 bits per heavy atom. The smallest absolute Gasteiger partial charge is 0.147 e. The van der Waals surface area contributed by atoms with Gasteiger partial charge in [-0.2, -0.15) is 11.8 Å². The summed E-state index contributed by atoms with van der Waals surface area (Å²) in [6.07, 6.45) is 5.05. The van der Waals surface area contributed by atoms with Crippen LogP contribution in [-0.4, -0.2) is 16.8 Å². The highest BCUT2D eigenvalue weighted by Gasteiger charge is 2.18. The summed E-state index contributed by atoms with van der Waals surface area (Å²) in [5.74, 6) is 0.135. The van der Waals surface area contributed by atoms with Gasteiger partial charge in [-0.1, -0.05) is 30.5 Å². The minimum absolute atomic E-state index is 0.0545. The van der Waals surface area contributed by atoms with Gasteiger partial charge in [0.05, 0.1) is 5.75 Å². The number of ketones is 1. The number of benzene rings is 1. The van der Waals surface area contributed by atoms with Gasteiger partial charge in [-0.3, -0.25) is 4.79 Å². The standard InChI is InChI=1S/C14H16ClFOS/c15-13-6-3-7-14(16)12(13)8-10(17)9-18-11-4-1-2-5-11/h3,6-7,11H,1-2,4-5,8-9H2. The number of carbonyl (C=O) groups excluding carboxylic acids is 1. The average molecular weight is 287 g/mol. The molecule has 0 aliphatic heterocycles. The van der Waals surface area contributed by atoms with Crippen LogP contribution in [0.1, 0.15) is 31.2 Å². The highest BCUT2D eigenvalue weighted by atomic mass is 35.5. The maximum atomic E-state index is 13.5. The predicted octanol–water partition coefficient (Wildman–Crippen LogP) is 4.27. The number of Topliss-reactive ketones (excluding diaryl/α,β-unsaturated/α-hetero) is 1. The molecule has 0 heterocycles. The van der Waals surface area contributed by atoms with Crippen LogP contribution in [0, 0.1) is 5.82 Å². The number of halogens is 2. The molecule has 0 atom stereocenters. The van der Waals surface area contributed by atoms with Crippen LogP contribution in [0.4, 0.5) is 4.39 Å². The third-order valence-corrected chi connectivity index (χ3v) is 5.00. The molecule has 1 aliphatic carbocycles. The molecule has 1 fully saturated rings.